The van der Waals surface area contributed by atoms with Crippen LogP contribution in [0.5, 0.6) is 11.5 Å². The smallest absolute Gasteiger partial charge is 0.258 e. The fourth-order valence-corrected chi connectivity index (χ4v) is 2.38. The third-order valence-electron chi connectivity index (χ3n) is 3.43. The molecule has 1 fully saturated rings. The van der Waals surface area contributed by atoms with Gasteiger partial charge in [-0.1, -0.05) is 13.0 Å². The Balaban J connectivity index is 2.33. The predicted octanol–water partition coefficient (Wildman–Crippen LogP) is 0.751. The second kappa shape index (κ2) is 5.81. The van der Waals surface area contributed by atoms with Crippen LogP contribution in [0.15, 0.2) is 18.2 Å². The molecule has 6 heteroatoms. The summed E-state index contributed by atoms with van der Waals surface area (Å²) >= 11 is 0. The summed E-state index contributed by atoms with van der Waals surface area (Å²) in [4.78, 5) is 25.8. The summed E-state index contributed by atoms with van der Waals surface area (Å²) in [5, 5.41) is 12.8. The van der Waals surface area contributed by atoms with Gasteiger partial charge >= 0.3 is 0 Å². The van der Waals surface area contributed by atoms with Crippen LogP contribution in [0.1, 0.15) is 23.7 Å². The molecule has 108 valence electrons. The molecule has 2 N–H and O–H groups in total. The Morgan fingerprint density at radius 3 is 2.95 bits per heavy atom. The second-order valence-corrected chi connectivity index (χ2v) is 4.57. The molecule has 1 saturated heterocycles. The van der Waals surface area contributed by atoms with E-state index in [0.29, 0.717) is 19.5 Å². The van der Waals surface area contributed by atoms with E-state index in [-0.39, 0.29) is 28.9 Å². The van der Waals surface area contributed by atoms with E-state index in [2.05, 4.69) is 5.32 Å². The van der Waals surface area contributed by atoms with Crippen molar-refractivity contribution in [2.24, 2.45) is 0 Å². The monoisotopic (exact) mass is 278 g/mol. The van der Waals surface area contributed by atoms with E-state index >= 15 is 0 Å². The summed E-state index contributed by atoms with van der Waals surface area (Å²) < 4.78 is 5.00. The number of phenols is 1. The average molecular weight is 278 g/mol. The topological polar surface area (TPSA) is 78.9 Å². The normalized spacial score (nSPS) is 18.6. The number of benzene rings is 1. The zero-order chi connectivity index (χ0) is 14.7. The lowest BCUT2D eigenvalue weighted by Gasteiger charge is -2.34. The van der Waals surface area contributed by atoms with Gasteiger partial charge in [0.2, 0.25) is 5.91 Å². The molecular formula is C14H18N2O4. The number of hydrogen-bond acceptors (Lipinski definition) is 4. The predicted molar refractivity (Wildman–Crippen MR) is 72.8 cm³/mol. The number of carbonyl (C=O) groups excluding carboxylic acids is 2. The minimum absolute atomic E-state index is 0.150. The Kier molecular flexibility index (Phi) is 4.12. The largest absolute Gasteiger partial charge is 0.504 e. The van der Waals surface area contributed by atoms with Gasteiger partial charge < -0.3 is 20.1 Å². The maximum absolute atomic E-state index is 12.5. The zero-order valence-electron chi connectivity index (χ0n) is 11.5. The van der Waals surface area contributed by atoms with E-state index in [9.17, 15) is 14.7 Å². The van der Waals surface area contributed by atoms with Gasteiger partial charge in [0.15, 0.2) is 11.5 Å². The van der Waals surface area contributed by atoms with Gasteiger partial charge in [-0.05, 0) is 18.6 Å². The lowest BCUT2D eigenvalue weighted by atomic mass is 10.1. The Hall–Kier alpha value is -2.24. The molecule has 0 bridgehead atoms. The summed E-state index contributed by atoms with van der Waals surface area (Å²) in [5.74, 6) is -0.469. The molecule has 1 aliphatic heterocycles. The van der Waals surface area contributed by atoms with E-state index in [1.807, 2.05) is 6.92 Å². The van der Waals surface area contributed by atoms with E-state index in [1.54, 1.807) is 12.1 Å². The molecule has 0 spiro atoms. The quantitative estimate of drug-likeness (QED) is 0.855. The number of ether oxygens (including phenoxy) is 1. The first-order valence-corrected chi connectivity index (χ1v) is 6.54. The van der Waals surface area contributed by atoms with Gasteiger partial charge in [-0.25, -0.2) is 0 Å². The van der Waals surface area contributed by atoms with Crippen molar-refractivity contribution in [3.05, 3.63) is 23.8 Å². The number of carbonyl (C=O) groups is 2. The molecule has 0 aromatic heterocycles. The maximum Gasteiger partial charge on any atom is 0.258 e. The summed E-state index contributed by atoms with van der Waals surface area (Å²) in [6, 6.07) is 4.24. The van der Waals surface area contributed by atoms with Crippen LogP contribution in [0.25, 0.3) is 0 Å². The third-order valence-corrected chi connectivity index (χ3v) is 3.43. The first-order valence-electron chi connectivity index (χ1n) is 6.54. The Bertz CT molecular complexity index is 530. The summed E-state index contributed by atoms with van der Waals surface area (Å²) in [6.07, 6.45) is 0.530. The number of methoxy groups -OCH3 is 1. The van der Waals surface area contributed by atoms with Crippen molar-refractivity contribution in [3.8, 4) is 11.5 Å². The molecule has 2 rings (SSSR count). The van der Waals surface area contributed by atoms with Crippen LogP contribution in [0, 0.1) is 0 Å². The van der Waals surface area contributed by atoms with Gasteiger partial charge in [-0.2, -0.15) is 0 Å². The molecule has 1 aromatic rings. The van der Waals surface area contributed by atoms with Gasteiger partial charge in [-0.15, -0.1) is 0 Å². The number of hydrogen-bond donors (Lipinski definition) is 2. The number of phenolic OH excluding ortho intramolecular Hbond substituents is 1. The van der Waals surface area contributed by atoms with Gasteiger partial charge in [0.05, 0.1) is 12.7 Å². The first-order chi connectivity index (χ1) is 9.60. The Labute approximate surface area is 117 Å². The molecule has 1 unspecified atom stereocenters. The SMILES string of the molecule is CCC1C(=O)NCCN1C(=O)c1cccc(OC)c1O. The van der Waals surface area contributed by atoms with Crippen LogP contribution < -0.4 is 10.1 Å². The molecule has 1 atom stereocenters. The summed E-state index contributed by atoms with van der Waals surface area (Å²) in [5.41, 5.74) is 0.150. The van der Waals surface area contributed by atoms with Crippen LogP contribution >= 0.6 is 0 Å². The van der Waals surface area contributed by atoms with Gasteiger partial charge in [0.1, 0.15) is 6.04 Å². The van der Waals surface area contributed by atoms with Crippen molar-refractivity contribution in [1.82, 2.24) is 10.2 Å². The highest BCUT2D eigenvalue weighted by Gasteiger charge is 2.33. The minimum Gasteiger partial charge on any atom is -0.504 e. The van der Waals surface area contributed by atoms with Crippen LogP contribution in [-0.2, 0) is 4.79 Å². The zero-order valence-corrected chi connectivity index (χ0v) is 11.5. The molecule has 6 nitrogen and oxygen atoms in total. The minimum atomic E-state index is -0.498. The van der Waals surface area contributed by atoms with E-state index in [1.165, 1.54) is 18.1 Å². The molecule has 1 aliphatic rings. The first kappa shape index (κ1) is 14.2. The van der Waals surface area contributed by atoms with Crippen LogP contribution in [0.3, 0.4) is 0 Å². The van der Waals surface area contributed by atoms with Crippen molar-refractivity contribution < 1.29 is 19.4 Å². The third kappa shape index (κ3) is 2.41. The molecular weight excluding hydrogens is 260 g/mol. The van der Waals surface area contributed by atoms with Crippen molar-refractivity contribution >= 4 is 11.8 Å². The van der Waals surface area contributed by atoms with Crippen molar-refractivity contribution in [1.29, 1.82) is 0 Å². The fraction of sp³-hybridized carbons (Fsp3) is 0.429. The van der Waals surface area contributed by atoms with Crippen LogP contribution in [0.2, 0.25) is 0 Å². The number of rotatable bonds is 3. The van der Waals surface area contributed by atoms with Crippen molar-refractivity contribution in [2.75, 3.05) is 20.2 Å². The van der Waals surface area contributed by atoms with Crippen LogP contribution in [-0.4, -0.2) is 48.1 Å². The Morgan fingerprint density at radius 1 is 1.55 bits per heavy atom. The molecule has 2 amide bonds. The molecule has 0 aliphatic carbocycles. The maximum atomic E-state index is 12.5. The number of nitrogens with zero attached hydrogens (tertiary/aromatic N) is 1. The number of piperazine rings is 1. The fourth-order valence-electron chi connectivity index (χ4n) is 2.38. The molecule has 0 radical (unpaired) electrons. The lowest BCUT2D eigenvalue weighted by Crippen LogP contribution is -2.56. The molecule has 1 heterocycles. The number of para-hydroxylation sites is 1. The van der Waals surface area contributed by atoms with E-state index < -0.39 is 6.04 Å². The highest BCUT2D eigenvalue weighted by atomic mass is 16.5. The number of amides is 2. The van der Waals surface area contributed by atoms with Crippen LogP contribution in [0.4, 0.5) is 0 Å². The van der Waals surface area contributed by atoms with Gasteiger partial charge in [-0.3, -0.25) is 9.59 Å². The van der Waals surface area contributed by atoms with Gasteiger partial charge in [0, 0.05) is 13.1 Å². The highest BCUT2D eigenvalue weighted by Crippen LogP contribution is 2.30. The van der Waals surface area contributed by atoms with E-state index in [0.717, 1.165) is 0 Å². The van der Waals surface area contributed by atoms with Gasteiger partial charge in [0.25, 0.3) is 5.91 Å². The van der Waals surface area contributed by atoms with E-state index in [4.69, 9.17) is 4.74 Å². The summed E-state index contributed by atoms with van der Waals surface area (Å²) in [6.45, 7) is 2.70. The second-order valence-electron chi connectivity index (χ2n) is 4.57. The summed E-state index contributed by atoms with van der Waals surface area (Å²) in [7, 11) is 1.42. The average Bonchev–Trinajstić information content (AvgIpc) is 2.46. The number of nitrogens with one attached hydrogen (secondary N) is 1. The molecule has 0 saturated carbocycles. The lowest BCUT2D eigenvalue weighted by molar-refractivity contribution is -0.127. The molecule has 20 heavy (non-hydrogen) atoms. The van der Waals surface area contributed by atoms with Crippen molar-refractivity contribution in [3.63, 3.8) is 0 Å². The Morgan fingerprint density at radius 2 is 2.30 bits per heavy atom. The number of aromatic hydroxyl groups is 1. The molecule has 1 aromatic carbocycles. The highest BCUT2D eigenvalue weighted by molar-refractivity contribution is 6.00. The standard InChI is InChI=1S/C14H18N2O4/c1-3-10-13(18)15-7-8-16(10)14(19)9-5-4-6-11(20-2)12(9)17/h4-6,10,17H,3,7-8H2,1-2H3,(H,15,18). The van der Waals surface area contributed by atoms with Crippen molar-refractivity contribution in [2.45, 2.75) is 19.4 Å².